The SMILES string of the molecule is CCNC(=NCc1cccc(O)c1)NCc1nc(C(F)(F)F)cs1.I. The largest absolute Gasteiger partial charge is 0.508 e. The molecule has 0 spiro atoms. The van der Waals surface area contributed by atoms with Crippen molar-refractivity contribution < 1.29 is 18.3 Å². The minimum Gasteiger partial charge on any atom is -0.508 e. The highest BCUT2D eigenvalue weighted by atomic mass is 127. The van der Waals surface area contributed by atoms with Gasteiger partial charge in [0.05, 0.1) is 13.1 Å². The van der Waals surface area contributed by atoms with Crippen molar-refractivity contribution in [3.8, 4) is 5.75 Å². The Bertz CT molecular complexity index is 706. The van der Waals surface area contributed by atoms with Gasteiger partial charge in [-0.25, -0.2) is 9.98 Å². The number of benzene rings is 1. The smallest absolute Gasteiger partial charge is 0.434 e. The first-order valence-corrected chi connectivity index (χ1v) is 8.08. The monoisotopic (exact) mass is 486 g/mol. The van der Waals surface area contributed by atoms with Crippen molar-refractivity contribution in [2.45, 2.75) is 26.2 Å². The second-order valence-corrected chi connectivity index (χ2v) is 5.79. The Morgan fingerprint density at radius 3 is 2.68 bits per heavy atom. The molecule has 5 nitrogen and oxygen atoms in total. The zero-order chi connectivity index (χ0) is 17.6. The number of rotatable bonds is 5. The molecule has 0 amide bonds. The molecule has 0 atom stereocenters. The molecule has 0 aliphatic rings. The van der Waals surface area contributed by atoms with Gasteiger partial charge in [-0.05, 0) is 24.6 Å². The minimum absolute atomic E-state index is 0. The number of nitrogens with zero attached hydrogens (tertiary/aromatic N) is 2. The molecule has 2 rings (SSSR count). The summed E-state index contributed by atoms with van der Waals surface area (Å²) in [5, 5.41) is 16.7. The van der Waals surface area contributed by atoms with Crippen LogP contribution in [-0.2, 0) is 19.3 Å². The van der Waals surface area contributed by atoms with Crippen molar-refractivity contribution in [1.82, 2.24) is 15.6 Å². The molecule has 0 radical (unpaired) electrons. The summed E-state index contributed by atoms with van der Waals surface area (Å²) in [6.07, 6.45) is -4.43. The van der Waals surface area contributed by atoms with Gasteiger partial charge in [0.25, 0.3) is 0 Å². The van der Waals surface area contributed by atoms with Crippen LogP contribution < -0.4 is 10.6 Å². The van der Waals surface area contributed by atoms with Gasteiger partial charge in [-0.2, -0.15) is 13.2 Å². The summed E-state index contributed by atoms with van der Waals surface area (Å²) in [6, 6.07) is 6.71. The highest BCUT2D eigenvalue weighted by Gasteiger charge is 2.33. The summed E-state index contributed by atoms with van der Waals surface area (Å²) in [7, 11) is 0. The van der Waals surface area contributed by atoms with Crippen LogP contribution in [0.5, 0.6) is 5.75 Å². The maximum Gasteiger partial charge on any atom is 0.434 e. The lowest BCUT2D eigenvalue weighted by Crippen LogP contribution is -2.36. The molecule has 0 aliphatic carbocycles. The van der Waals surface area contributed by atoms with Gasteiger partial charge in [0.15, 0.2) is 11.7 Å². The normalized spacial score (nSPS) is 11.8. The molecule has 0 bridgehead atoms. The topological polar surface area (TPSA) is 69.5 Å². The van der Waals surface area contributed by atoms with E-state index in [1.807, 2.05) is 13.0 Å². The third-order valence-electron chi connectivity index (χ3n) is 2.92. The number of phenolic OH excluding ortho intramolecular Hbond substituents is 1. The van der Waals surface area contributed by atoms with E-state index in [1.165, 1.54) is 0 Å². The summed E-state index contributed by atoms with van der Waals surface area (Å²) in [6.45, 7) is 2.97. The van der Waals surface area contributed by atoms with E-state index in [2.05, 4.69) is 20.6 Å². The number of halogens is 4. The van der Waals surface area contributed by atoms with E-state index in [-0.39, 0.29) is 36.3 Å². The molecule has 25 heavy (non-hydrogen) atoms. The van der Waals surface area contributed by atoms with Crippen molar-refractivity contribution in [2.75, 3.05) is 6.54 Å². The van der Waals surface area contributed by atoms with E-state index in [1.54, 1.807) is 18.2 Å². The number of aromatic hydroxyl groups is 1. The molecule has 0 fully saturated rings. The number of nitrogens with one attached hydrogen (secondary N) is 2. The molecule has 1 heterocycles. The lowest BCUT2D eigenvalue weighted by molar-refractivity contribution is -0.140. The van der Waals surface area contributed by atoms with E-state index in [4.69, 9.17) is 0 Å². The van der Waals surface area contributed by atoms with E-state index in [9.17, 15) is 18.3 Å². The standard InChI is InChI=1S/C15H17F3N4OS.HI/c1-2-19-14(20-7-10-4-3-5-11(23)6-10)21-8-13-22-12(9-24-13)15(16,17)18;/h3-6,9,23H,2,7-8H2,1H3,(H2,19,20,21);1H. The van der Waals surface area contributed by atoms with Crippen molar-refractivity contribution in [3.63, 3.8) is 0 Å². The van der Waals surface area contributed by atoms with Crippen LogP contribution in [0.25, 0.3) is 0 Å². The van der Waals surface area contributed by atoms with Gasteiger partial charge >= 0.3 is 6.18 Å². The van der Waals surface area contributed by atoms with Gasteiger partial charge in [0.2, 0.25) is 0 Å². The molecular weight excluding hydrogens is 468 g/mol. The number of guanidine groups is 1. The Morgan fingerprint density at radius 2 is 2.08 bits per heavy atom. The van der Waals surface area contributed by atoms with Crippen LogP contribution in [0.1, 0.15) is 23.2 Å². The fourth-order valence-electron chi connectivity index (χ4n) is 1.85. The summed E-state index contributed by atoms with van der Waals surface area (Å²) < 4.78 is 37.6. The zero-order valence-corrected chi connectivity index (χ0v) is 16.4. The number of hydrogen-bond donors (Lipinski definition) is 3. The van der Waals surface area contributed by atoms with Gasteiger partial charge in [-0.15, -0.1) is 35.3 Å². The van der Waals surface area contributed by atoms with Crippen LogP contribution in [0.15, 0.2) is 34.6 Å². The molecule has 0 saturated heterocycles. The summed E-state index contributed by atoms with van der Waals surface area (Å²) in [5.41, 5.74) is -0.0631. The van der Waals surface area contributed by atoms with Crippen LogP contribution in [0.3, 0.4) is 0 Å². The summed E-state index contributed by atoms with van der Waals surface area (Å²) in [4.78, 5) is 7.89. The number of phenols is 1. The molecule has 1 aromatic carbocycles. The Balaban J connectivity index is 0.00000312. The van der Waals surface area contributed by atoms with E-state index < -0.39 is 11.9 Å². The molecule has 138 valence electrons. The maximum absolute atomic E-state index is 12.5. The summed E-state index contributed by atoms with van der Waals surface area (Å²) >= 11 is 0.943. The molecule has 2 aromatic rings. The highest BCUT2D eigenvalue weighted by molar-refractivity contribution is 14.0. The molecule has 0 unspecified atom stereocenters. The third kappa shape index (κ3) is 7.06. The Labute approximate surface area is 164 Å². The van der Waals surface area contributed by atoms with Crippen LogP contribution in [0.2, 0.25) is 0 Å². The fourth-order valence-corrected chi connectivity index (χ4v) is 2.59. The van der Waals surface area contributed by atoms with Gasteiger partial charge in [0.1, 0.15) is 10.8 Å². The van der Waals surface area contributed by atoms with Crippen LogP contribution in [0.4, 0.5) is 13.2 Å². The highest BCUT2D eigenvalue weighted by Crippen LogP contribution is 2.29. The average Bonchev–Trinajstić information content (AvgIpc) is 2.99. The number of aliphatic imine (C=N–C) groups is 1. The van der Waals surface area contributed by atoms with E-state index in [0.29, 0.717) is 24.1 Å². The van der Waals surface area contributed by atoms with Crippen molar-refractivity contribution in [1.29, 1.82) is 0 Å². The fraction of sp³-hybridized carbons (Fsp3) is 0.333. The Hall–Kier alpha value is -1.56. The second kappa shape index (κ2) is 9.80. The quantitative estimate of drug-likeness (QED) is 0.342. The first kappa shape index (κ1) is 21.5. The van der Waals surface area contributed by atoms with Crippen molar-refractivity contribution >= 4 is 41.3 Å². The molecule has 1 aromatic heterocycles. The molecule has 3 N–H and O–H groups in total. The molecule has 0 saturated carbocycles. The van der Waals surface area contributed by atoms with Crippen molar-refractivity contribution in [2.24, 2.45) is 4.99 Å². The van der Waals surface area contributed by atoms with Gasteiger partial charge in [-0.3, -0.25) is 0 Å². The van der Waals surface area contributed by atoms with Crippen LogP contribution in [-0.4, -0.2) is 22.6 Å². The lowest BCUT2D eigenvalue weighted by atomic mass is 10.2. The first-order valence-electron chi connectivity index (χ1n) is 7.20. The van der Waals surface area contributed by atoms with E-state index >= 15 is 0 Å². The summed E-state index contributed by atoms with van der Waals surface area (Å²) in [5.74, 6) is 0.618. The van der Waals surface area contributed by atoms with Crippen LogP contribution in [0, 0.1) is 0 Å². The van der Waals surface area contributed by atoms with Crippen molar-refractivity contribution in [3.05, 3.63) is 45.9 Å². The Kier molecular flexibility index (Phi) is 8.42. The number of thiazole rings is 1. The first-order chi connectivity index (χ1) is 11.4. The predicted molar refractivity (Wildman–Crippen MR) is 102 cm³/mol. The lowest BCUT2D eigenvalue weighted by Gasteiger charge is -2.10. The molecule has 0 aliphatic heterocycles. The zero-order valence-electron chi connectivity index (χ0n) is 13.3. The number of alkyl halides is 3. The van der Waals surface area contributed by atoms with Gasteiger partial charge < -0.3 is 15.7 Å². The van der Waals surface area contributed by atoms with Crippen LogP contribution >= 0.6 is 35.3 Å². The number of hydrogen-bond acceptors (Lipinski definition) is 4. The minimum atomic E-state index is -4.43. The number of aromatic nitrogens is 1. The molecule has 10 heteroatoms. The Morgan fingerprint density at radius 1 is 1.32 bits per heavy atom. The molecular formula is C15H18F3IN4OS. The van der Waals surface area contributed by atoms with Gasteiger partial charge in [-0.1, -0.05) is 12.1 Å². The average molecular weight is 486 g/mol. The maximum atomic E-state index is 12.5. The predicted octanol–water partition coefficient (Wildman–Crippen LogP) is 3.74. The van der Waals surface area contributed by atoms with E-state index in [0.717, 1.165) is 22.3 Å². The second-order valence-electron chi connectivity index (χ2n) is 4.84. The third-order valence-corrected chi connectivity index (χ3v) is 3.77. The van der Waals surface area contributed by atoms with Gasteiger partial charge in [0, 0.05) is 11.9 Å².